The maximum atomic E-state index is 12.1. The molecule has 1 rings (SSSR count). The Labute approximate surface area is 520 Å². The highest BCUT2D eigenvalue weighted by Crippen LogP contribution is 2.24. The summed E-state index contributed by atoms with van der Waals surface area (Å²) >= 11 is 0. The largest absolute Gasteiger partial charge is 0.387 e. The summed E-state index contributed by atoms with van der Waals surface area (Å²) in [5, 5.41) is 59.0. The Balaban J connectivity index is 3.42. The van der Waals surface area contributed by atoms with Gasteiger partial charge in [-0.1, -0.05) is 279 Å². The number of aliphatic hydroxyl groups excluding tert-OH is 5. The Morgan fingerprint density at radius 3 is 0.747 bits per heavy atom. The zero-order valence-corrected chi connectivity index (χ0v) is 58.4. The first kappa shape index (κ1) is 80.6. The van der Waals surface area contributed by atoms with Gasteiger partial charge in [-0.3, -0.25) is 0 Å². The van der Waals surface area contributed by atoms with E-state index in [0.29, 0.717) is 24.1 Å². The van der Waals surface area contributed by atoms with Crippen LogP contribution in [0, 0.1) is 0 Å². The number of hydrogen-bond donors (Lipinski definition) is 5. The normalized spacial score (nSPS) is 20.9. The molecular weight excluding hydrogens is 1030 g/mol. The number of quaternary nitrogens is 5. The second kappa shape index (κ2) is 50.4. The first-order valence-electron chi connectivity index (χ1n) is 37.4. The molecule has 0 aromatic rings. The Kier molecular flexibility index (Phi) is 48.9. The van der Waals surface area contributed by atoms with Crippen LogP contribution in [0.1, 0.15) is 311 Å². The minimum atomic E-state index is -0.393. The molecule has 1 saturated heterocycles. The first-order chi connectivity index (χ1) is 39.8. The molecule has 1 heterocycles. The van der Waals surface area contributed by atoms with E-state index >= 15 is 0 Å². The molecule has 7 atom stereocenters. The van der Waals surface area contributed by atoms with E-state index in [4.69, 9.17) is 0 Å². The predicted octanol–water partition coefficient (Wildman–Crippen LogP) is 15.9. The lowest BCUT2D eigenvalue weighted by molar-refractivity contribution is -1.03. The van der Waals surface area contributed by atoms with E-state index in [2.05, 4.69) is 69.9 Å². The molecule has 5 N–H and O–H groups in total. The van der Waals surface area contributed by atoms with Gasteiger partial charge in [0.1, 0.15) is 129 Å². The first-order valence-corrected chi connectivity index (χ1v) is 37.4. The lowest BCUT2D eigenvalue weighted by Gasteiger charge is -2.48. The zero-order chi connectivity index (χ0) is 61.4. The minimum Gasteiger partial charge on any atom is -0.387 e. The van der Waals surface area contributed by atoms with Gasteiger partial charge in [0, 0.05) is 0 Å². The van der Waals surface area contributed by atoms with Crippen molar-refractivity contribution in [2.24, 2.45) is 0 Å². The van der Waals surface area contributed by atoms with Gasteiger partial charge in [-0.25, -0.2) is 0 Å². The van der Waals surface area contributed by atoms with Gasteiger partial charge in [-0.05, 0) is 32.1 Å². The van der Waals surface area contributed by atoms with E-state index in [1.807, 2.05) is 0 Å². The van der Waals surface area contributed by atoms with E-state index in [0.717, 1.165) is 161 Å². The molecule has 0 aromatic heterocycles. The quantitative estimate of drug-likeness (QED) is 0.0309. The van der Waals surface area contributed by atoms with Crippen molar-refractivity contribution < 1.29 is 47.9 Å². The maximum Gasteiger partial charge on any atom is 0.129 e. The Bertz CT molecular complexity index is 1390. The van der Waals surface area contributed by atoms with Crippen LogP contribution in [0.4, 0.5) is 0 Å². The van der Waals surface area contributed by atoms with Crippen molar-refractivity contribution in [3.8, 4) is 0 Å². The highest BCUT2D eigenvalue weighted by atomic mass is 16.3. The number of nitrogens with zero attached hydrogens (tertiary/aromatic N) is 5. The van der Waals surface area contributed by atoms with Gasteiger partial charge in [0.15, 0.2) is 0 Å². The third kappa shape index (κ3) is 44.7. The fraction of sp³-hybridized carbons (Fsp3) is 1.00. The van der Waals surface area contributed by atoms with Gasteiger partial charge >= 0.3 is 0 Å². The second-order valence-corrected chi connectivity index (χ2v) is 30.1. The molecule has 0 saturated carbocycles. The van der Waals surface area contributed by atoms with E-state index < -0.39 is 12.2 Å². The molecule has 0 aliphatic carbocycles. The van der Waals surface area contributed by atoms with Crippen LogP contribution >= 0.6 is 0 Å². The standard InChI is InChI=1S/C73H156N5O5/c1-11-16-21-26-31-35-40-45-50-70(80)65-76(8,59-56-74(6)54-57-75(7,58-55-74)64-69(79)49-44-39-30-25-20-15-5)60-61-77(9,66-71(81)51-46-41-36-32-27-22-17-12-2)62-63-78(10,67-72(82)52-47-42-37-33-28-23-18-13-3)68-73(83)53-48-43-38-34-29-24-19-14-4/h69-73,79-83H,11-68H2,1-10H3/q+5. The van der Waals surface area contributed by atoms with E-state index in [9.17, 15) is 25.5 Å². The third-order valence-electron chi connectivity index (χ3n) is 20.6. The summed E-state index contributed by atoms with van der Waals surface area (Å²) in [7, 11) is 12.0. The van der Waals surface area contributed by atoms with Crippen LogP contribution in [0.15, 0.2) is 0 Å². The number of hydrogen-bond acceptors (Lipinski definition) is 5. The molecule has 10 heteroatoms. The average Bonchev–Trinajstić information content (AvgIpc) is 3.60. The number of piperazine rings is 1. The summed E-state index contributed by atoms with van der Waals surface area (Å²) in [5.41, 5.74) is 0. The van der Waals surface area contributed by atoms with Crippen molar-refractivity contribution in [3.05, 3.63) is 0 Å². The van der Waals surface area contributed by atoms with Crippen molar-refractivity contribution in [1.82, 2.24) is 0 Å². The monoisotopic (exact) mass is 1180 g/mol. The average molecular weight is 1180 g/mol. The van der Waals surface area contributed by atoms with Crippen LogP contribution in [0.5, 0.6) is 0 Å². The van der Waals surface area contributed by atoms with Gasteiger partial charge < -0.3 is 47.9 Å². The fourth-order valence-electron chi connectivity index (χ4n) is 14.1. The zero-order valence-electron chi connectivity index (χ0n) is 58.4. The van der Waals surface area contributed by atoms with Gasteiger partial charge in [-0.15, -0.1) is 0 Å². The summed E-state index contributed by atoms with van der Waals surface area (Å²) in [6.45, 7) is 25.2. The summed E-state index contributed by atoms with van der Waals surface area (Å²) in [5.74, 6) is 0. The number of aliphatic hydroxyl groups is 5. The van der Waals surface area contributed by atoms with Crippen LogP contribution in [-0.4, -0.2) is 212 Å². The molecule has 1 fully saturated rings. The van der Waals surface area contributed by atoms with Crippen LogP contribution in [-0.2, 0) is 0 Å². The van der Waals surface area contributed by atoms with Gasteiger partial charge in [0.25, 0.3) is 0 Å². The molecule has 0 bridgehead atoms. The molecule has 1 aliphatic rings. The van der Waals surface area contributed by atoms with Crippen LogP contribution in [0.3, 0.4) is 0 Å². The third-order valence-corrected chi connectivity index (χ3v) is 20.6. The van der Waals surface area contributed by atoms with Crippen molar-refractivity contribution >= 4 is 0 Å². The van der Waals surface area contributed by atoms with Crippen LogP contribution in [0.25, 0.3) is 0 Å². The molecule has 83 heavy (non-hydrogen) atoms. The SMILES string of the molecule is CCCCCCCCCCC(O)C[N+](C)(CC[N+]1(C)CC[N+](C)(CC(O)CCCCCCCC)CC1)CC[N+](C)(CC[N+](C)(CC(O)CCCCCCCCCC)CC(O)CCCCCCCCCC)CC(O)CCCCCCCCCC. The Hall–Kier alpha value is -0.400. The molecule has 0 aromatic carbocycles. The molecule has 10 nitrogen and oxygen atoms in total. The van der Waals surface area contributed by atoms with Crippen molar-refractivity contribution in [2.75, 3.05) is 133 Å². The highest BCUT2D eigenvalue weighted by Gasteiger charge is 2.42. The van der Waals surface area contributed by atoms with Crippen LogP contribution in [0.2, 0.25) is 0 Å². The molecule has 498 valence electrons. The van der Waals surface area contributed by atoms with Gasteiger partial charge in [-0.2, -0.15) is 0 Å². The summed E-state index contributed by atoms with van der Waals surface area (Å²) in [6, 6.07) is 0. The number of unbranched alkanes of at least 4 members (excludes halogenated alkanes) is 33. The summed E-state index contributed by atoms with van der Waals surface area (Å²) in [6.07, 6.45) is 50.7. The topological polar surface area (TPSA) is 101 Å². The van der Waals surface area contributed by atoms with Crippen molar-refractivity contribution in [1.29, 1.82) is 0 Å². The van der Waals surface area contributed by atoms with E-state index in [-0.39, 0.29) is 18.3 Å². The van der Waals surface area contributed by atoms with Crippen molar-refractivity contribution in [2.45, 2.75) is 341 Å². The highest BCUT2D eigenvalue weighted by molar-refractivity contribution is 4.66. The van der Waals surface area contributed by atoms with Crippen molar-refractivity contribution in [3.63, 3.8) is 0 Å². The van der Waals surface area contributed by atoms with Crippen LogP contribution < -0.4 is 0 Å². The number of likely N-dealkylation sites (N-methyl/N-ethyl adjacent to an activating group) is 5. The lowest BCUT2D eigenvalue weighted by Crippen LogP contribution is -2.67. The molecule has 7 unspecified atom stereocenters. The molecular formula is C73H156N5O5+5. The maximum absolute atomic E-state index is 12.1. The van der Waals surface area contributed by atoms with E-state index in [1.165, 1.54) is 212 Å². The molecule has 0 amide bonds. The number of rotatable bonds is 62. The second-order valence-electron chi connectivity index (χ2n) is 30.1. The summed E-state index contributed by atoms with van der Waals surface area (Å²) < 4.78 is 4.27. The fourth-order valence-corrected chi connectivity index (χ4v) is 14.1. The molecule has 0 radical (unpaired) electrons. The molecule has 0 spiro atoms. The Morgan fingerprint density at radius 2 is 0.470 bits per heavy atom. The Morgan fingerprint density at radius 1 is 0.265 bits per heavy atom. The predicted molar refractivity (Wildman–Crippen MR) is 361 cm³/mol. The molecule has 1 aliphatic heterocycles. The minimum absolute atomic E-state index is 0.219. The van der Waals surface area contributed by atoms with Gasteiger partial charge in [0.2, 0.25) is 0 Å². The smallest absolute Gasteiger partial charge is 0.129 e. The summed E-state index contributed by atoms with van der Waals surface area (Å²) in [4.78, 5) is 0. The lowest BCUT2D eigenvalue weighted by atomic mass is 10.0. The van der Waals surface area contributed by atoms with Gasteiger partial charge in [0.05, 0.1) is 35.2 Å². The van der Waals surface area contributed by atoms with E-state index in [1.54, 1.807) is 0 Å².